The highest BCUT2D eigenvalue weighted by Gasteiger charge is 2.48. The molecular weight excluding hydrogens is 648 g/mol. The van der Waals surface area contributed by atoms with Gasteiger partial charge >= 0.3 is 6.16 Å². The summed E-state index contributed by atoms with van der Waals surface area (Å²) in [5.74, 6) is -4.23. The number of ether oxygens (including phenoxy) is 3. The number of aliphatic hydroxyl groups is 3. The summed E-state index contributed by atoms with van der Waals surface area (Å²) in [5.41, 5.74) is -1.94. The van der Waals surface area contributed by atoms with E-state index in [1.807, 2.05) is 0 Å². The molecule has 7 atom stereocenters. The first-order valence-electron chi connectivity index (χ1n) is 15.8. The fourth-order valence-corrected chi connectivity index (χ4v) is 4.81. The highest BCUT2D eigenvalue weighted by Crippen LogP contribution is 2.27. The van der Waals surface area contributed by atoms with Gasteiger partial charge in [0, 0.05) is 7.11 Å². The Balaban J connectivity index is 2.87. The highest BCUT2D eigenvalue weighted by molar-refractivity contribution is 5.89. The molecule has 1 saturated heterocycles. The second kappa shape index (κ2) is 23.5. The molecule has 0 radical (unpaired) electrons. The predicted octanol–water partition coefficient (Wildman–Crippen LogP) is 2.29. The van der Waals surface area contributed by atoms with Crippen LogP contribution in [-0.2, 0) is 48.2 Å². The van der Waals surface area contributed by atoms with Crippen molar-refractivity contribution in [2.75, 3.05) is 34.0 Å². The third-order valence-corrected chi connectivity index (χ3v) is 7.90. The Morgan fingerprint density at radius 1 is 0.938 bits per heavy atom. The van der Waals surface area contributed by atoms with Crippen LogP contribution in [0.4, 0.5) is 4.79 Å². The summed E-state index contributed by atoms with van der Waals surface area (Å²) in [4.78, 5) is 60.2. The van der Waals surface area contributed by atoms with Gasteiger partial charge in [0.05, 0.1) is 26.9 Å². The first-order chi connectivity index (χ1) is 23.0. The zero-order valence-corrected chi connectivity index (χ0v) is 27.8. The van der Waals surface area contributed by atoms with Crippen molar-refractivity contribution in [3.8, 4) is 0 Å². The molecule has 0 saturated carbocycles. The van der Waals surface area contributed by atoms with E-state index in [1.54, 1.807) is 0 Å². The summed E-state index contributed by atoms with van der Waals surface area (Å²) >= 11 is 0. The van der Waals surface area contributed by atoms with Crippen LogP contribution in [0.25, 0.3) is 0 Å². The van der Waals surface area contributed by atoms with E-state index in [9.17, 15) is 45.5 Å². The predicted molar refractivity (Wildman–Crippen MR) is 162 cm³/mol. The molecule has 19 heteroatoms. The lowest BCUT2D eigenvalue weighted by atomic mass is 9.96. The monoisotopic (exact) mass is 700 g/mol. The standard InChI is InChI=1S/C29H52N2O17/c1-5-6-7-8-9-10-11-12-15-43-28(37)44-18-13-14-19(26(35)30-16-18)31-27(36)24(48-42-4)23(47-40)22(46-39)21(45-38)20(33)25(34)29(2,17-32)41-3/h18-19,21-24,32-34,38-40H,5-17H2,1-4H3,(H,30,35)(H,31,36)/b25-20+/t18-,19+,21+,22-,23-,24-,29?/m1/s1. The molecule has 1 aliphatic heterocycles. The lowest BCUT2D eigenvalue weighted by Crippen LogP contribution is -2.57. The van der Waals surface area contributed by atoms with Crippen LogP contribution in [0.3, 0.4) is 0 Å². The van der Waals surface area contributed by atoms with Crippen LogP contribution in [0.5, 0.6) is 0 Å². The zero-order valence-electron chi connectivity index (χ0n) is 27.8. The molecule has 0 aromatic carbocycles. The molecule has 0 aromatic heterocycles. The van der Waals surface area contributed by atoms with Gasteiger partial charge in [-0.3, -0.25) is 25.4 Å². The Hall–Kier alpha value is -2.85. The van der Waals surface area contributed by atoms with E-state index in [4.69, 9.17) is 19.1 Å². The molecule has 0 aliphatic carbocycles. The van der Waals surface area contributed by atoms with E-state index >= 15 is 0 Å². The Kier molecular flexibility index (Phi) is 21.1. The van der Waals surface area contributed by atoms with Crippen molar-refractivity contribution in [3.63, 3.8) is 0 Å². The van der Waals surface area contributed by atoms with E-state index in [1.165, 1.54) is 25.7 Å². The lowest BCUT2D eigenvalue weighted by Gasteiger charge is -2.32. The molecule has 1 rings (SSSR count). The molecule has 19 nitrogen and oxygen atoms in total. The maximum absolute atomic E-state index is 13.3. The average Bonchev–Trinajstić information content (AvgIpc) is 3.25. The van der Waals surface area contributed by atoms with Crippen LogP contribution < -0.4 is 10.6 Å². The summed E-state index contributed by atoms with van der Waals surface area (Å²) in [6, 6.07) is -1.23. The Morgan fingerprint density at radius 3 is 2.08 bits per heavy atom. The van der Waals surface area contributed by atoms with Crippen molar-refractivity contribution in [1.29, 1.82) is 0 Å². The molecule has 1 unspecified atom stereocenters. The minimum atomic E-state index is -2.31. The van der Waals surface area contributed by atoms with Gasteiger partial charge in [-0.1, -0.05) is 51.9 Å². The van der Waals surface area contributed by atoms with Gasteiger partial charge in [-0.05, 0) is 26.2 Å². The number of amides is 2. The second-order valence-corrected chi connectivity index (χ2v) is 11.4. The number of hydrogen-bond donors (Lipinski definition) is 8. The second-order valence-electron chi connectivity index (χ2n) is 11.4. The van der Waals surface area contributed by atoms with Crippen LogP contribution in [0.2, 0.25) is 0 Å². The SMILES string of the molecule is CCCCCCCCCCOC(=O)O[C@@H]1CC[C@H](NC(=O)[C@H](OOC)[C@H](OO)[C@H](OO)[C@@H](OO)/C(O)=C(\O)C(C)(CO)OC)C(=O)NC1. The quantitative estimate of drug-likeness (QED) is 0.0236. The van der Waals surface area contributed by atoms with Gasteiger partial charge in [-0.15, -0.1) is 0 Å². The molecule has 48 heavy (non-hydrogen) atoms. The Morgan fingerprint density at radius 2 is 1.54 bits per heavy atom. The number of carbonyl (C=O) groups excluding carboxylic acids is 3. The van der Waals surface area contributed by atoms with Crippen molar-refractivity contribution in [2.24, 2.45) is 0 Å². The molecule has 1 aliphatic rings. The zero-order chi connectivity index (χ0) is 36.1. The maximum Gasteiger partial charge on any atom is 0.508 e. The molecule has 2 amide bonds. The smallest absolute Gasteiger partial charge is 0.506 e. The third kappa shape index (κ3) is 13.6. The molecule has 0 bridgehead atoms. The molecule has 8 N–H and O–H groups in total. The first-order valence-corrected chi connectivity index (χ1v) is 15.8. The normalized spacial score (nSPS) is 21.0. The summed E-state index contributed by atoms with van der Waals surface area (Å²) in [6.45, 7) is 2.55. The van der Waals surface area contributed by atoms with Gasteiger partial charge < -0.3 is 40.2 Å². The molecule has 1 fully saturated rings. The van der Waals surface area contributed by atoms with Gasteiger partial charge in [0.1, 0.15) is 17.7 Å². The summed E-state index contributed by atoms with van der Waals surface area (Å²) in [5, 5.41) is 64.1. The van der Waals surface area contributed by atoms with Gasteiger partial charge in [0.25, 0.3) is 5.91 Å². The number of aliphatic hydroxyl groups excluding tert-OH is 3. The van der Waals surface area contributed by atoms with Crippen LogP contribution in [0.1, 0.15) is 78.1 Å². The highest BCUT2D eigenvalue weighted by atomic mass is 17.2. The van der Waals surface area contributed by atoms with Gasteiger partial charge in [0.2, 0.25) is 12.0 Å². The minimum Gasteiger partial charge on any atom is -0.506 e. The van der Waals surface area contributed by atoms with Crippen LogP contribution >= 0.6 is 0 Å². The average molecular weight is 701 g/mol. The van der Waals surface area contributed by atoms with E-state index in [0.717, 1.165) is 40.4 Å². The van der Waals surface area contributed by atoms with Crippen LogP contribution in [0, 0.1) is 0 Å². The van der Waals surface area contributed by atoms with E-state index in [2.05, 4.69) is 37.1 Å². The number of rotatable bonds is 24. The number of methoxy groups -OCH3 is 1. The number of unbranched alkanes of at least 4 members (excludes halogenated alkanes) is 7. The minimum absolute atomic E-state index is 0.0334. The molecule has 1 heterocycles. The number of hydrogen-bond acceptors (Lipinski definition) is 17. The molecule has 0 aromatic rings. The van der Waals surface area contributed by atoms with E-state index < -0.39 is 78.3 Å². The largest absolute Gasteiger partial charge is 0.508 e. The maximum atomic E-state index is 13.3. The van der Waals surface area contributed by atoms with Gasteiger partial charge in [-0.25, -0.2) is 29.2 Å². The van der Waals surface area contributed by atoms with E-state index in [0.29, 0.717) is 6.42 Å². The van der Waals surface area contributed by atoms with Crippen molar-refractivity contribution in [2.45, 2.75) is 120 Å². The summed E-state index contributed by atoms with van der Waals surface area (Å²) in [6.07, 6.45) is -1.82. The molecule has 280 valence electrons. The van der Waals surface area contributed by atoms with Crippen LogP contribution in [-0.4, -0.2) is 125 Å². The number of carbonyl (C=O) groups is 3. The van der Waals surface area contributed by atoms with E-state index in [-0.39, 0.29) is 26.0 Å². The third-order valence-electron chi connectivity index (χ3n) is 7.90. The fourth-order valence-electron chi connectivity index (χ4n) is 4.81. The Labute approximate surface area is 278 Å². The Bertz CT molecular complexity index is 979. The van der Waals surface area contributed by atoms with Crippen molar-refractivity contribution < 1.29 is 84.1 Å². The van der Waals surface area contributed by atoms with Gasteiger partial charge in [-0.2, -0.15) is 0 Å². The topological polar surface area (TPSA) is 270 Å². The van der Waals surface area contributed by atoms with Crippen LogP contribution in [0.15, 0.2) is 11.5 Å². The molecular formula is C29H52N2O17. The first kappa shape index (κ1) is 43.2. The fraction of sp³-hybridized carbons (Fsp3) is 0.828. The summed E-state index contributed by atoms with van der Waals surface area (Å²) < 4.78 is 15.4. The van der Waals surface area contributed by atoms with Gasteiger partial charge in [0.15, 0.2) is 29.8 Å². The van der Waals surface area contributed by atoms with Crippen molar-refractivity contribution >= 4 is 18.0 Å². The molecule has 0 spiro atoms. The number of nitrogens with one attached hydrogen (secondary N) is 2. The van der Waals surface area contributed by atoms with Crippen molar-refractivity contribution in [1.82, 2.24) is 10.6 Å². The summed E-state index contributed by atoms with van der Waals surface area (Å²) in [7, 11) is 2.04. The van der Waals surface area contributed by atoms with Crippen molar-refractivity contribution in [3.05, 3.63) is 11.5 Å². The lowest BCUT2D eigenvalue weighted by molar-refractivity contribution is -0.419.